The highest BCUT2D eigenvalue weighted by Crippen LogP contribution is 2.36. The standard InChI is InChI=1S/C20H22N2O4.2ClH/c1-23-15-6-5-13(10-16(15)24-2)19(21)20-14-11-18(26-4)17(25-3)9-12(14)7-8-22-20;;/h5-11,19H,21H2,1-4H3;2*1H. The van der Waals surface area contributed by atoms with E-state index in [4.69, 9.17) is 24.7 Å². The molecule has 3 rings (SSSR count). The van der Waals surface area contributed by atoms with Gasteiger partial charge in [-0.25, -0.2) is 0 Å². The Labute approximate surface area is 176 Å². The van der Waals surface area contributed by atoms with Crippen molar-refractivity contribution in [2.24, 2.45) is 5.73 Å². The predicted octanol–water partition coefficient (Wildman–Crippen LogP) is 4.16. The van der Waals surface area contributed by atoms with Gasteiger partial charge in [-0.3, -0.25) is 4.98 Å². The number of hydrogen-bond acceptors (Lipinski definition) is 6. The molecule has 1 aromatic heterocycles. The summed E-state index contributed by atoms with van der Waals surface area (Å²) in [6.07, 6.45) is 1.74. The van der Waals surface area contributed by atoms with Crippen LogP contribution in [0.5, 0.6) is 23.0 Å². The second-order valence-electron chi connectivity index (χ2n) is 5.72. The number of nitrogens with zero attached hydrogens (tertiary/aromatic N) is 1. The molecular formula is C20H24Cl2N2O4. The molecule has 6 nitrogen and oxygen atoms in total. The summed E-state index contributed by atoms with van der Waals surface area (Å²) in [6, 6.07) is 10.9. The number of halogens is 2. The highest BCUT2D eigenvalue weighted by Gasteiger charge is 2.18. The lowest BCUT2D eigenvalue weighted by molar-refractivity contribution is 0.354. The van der Waals surface area contributed by atoms with Gasteiger partial charge in [-0.15, -0.1) is 24.8 Å². The van der Waals surface area contributed by atoms with E-state index in [2.05, 4.69) is 4.98 Å². The van der Waals surface area contributed by atoms with Gasteiger partial charge in [0.25, 0.3) is 0 Å². The van der Waals surface area contributed by atoms with Crippen LogP contribution in [0.15, 0.2) is 42.6 Å². The molecule has 0 fully saturated rings. The van der Waals surface area contributed by atoms with Crippen LogP contribution in [-0.2, 0) is 0 Å². The van der Waals surface area contributed by atoms with Gasteiger partial charge in [0.1, 0.15) is 0 Å². The number of nitrogens with two attached hydrogens (primary N) is 1. The van der Waals surface area contributed by atoms with E-state index in [-0.39, 0.29) is 24.8 Å². The summed E-state index contributed by atoms with van der Waals surface area (Å²) in [5.74, 6) is 2.58. The summed E-state index contributed by atoms with van der Waals surface area (Å²) in [5, 5.41) is 1.89. The van der Waals surface area contributed by atoms with Gasteiger partial charge in [0.05, 0.1) is 40.2 Å². The van der Waals surface area contributed by atoms with E-state index in [0.29, 0.717) is 23.0 Å². The molecule has 152 valence electrons. The first-order valence-corrected chi connectivity index (χ1v) is 8.11. The Balaban J connectivity index is 0.00000196. The van der Waals surface area contributed by atoms with E-state index in [0.717, 1.165) is 22.0 Å². The van der Waals surface area contributed by atoms with Crippen molar-refractivity contribution in [1.29, 1.82) is 0 Å². The normalized spacial score (nSPS) is 11.0. The fourth-order valence-corrected chi connectivity index (χ4v) is 2.97. The maximum Gasteiger partial charge on any atom is 0.161 e. The maximum atomic E-state index is 6.53. The van der Waals surface area contributed by atoms with Crippen molar-refractivity contribution in [2.45, 2.75) is 6.04 Å². The van der Waals surface area contributed by atoms with E-state index < -0.39 is 6.04 Å². The first kappa shape index (κ1) is 23.6. The fourth-order valence-electron chi connectivity index (χ4n) is 2.97. The molecule has 0 radical (unpaired) electrons. The zero-order valence-electron chi connectivity index (χ0n) is 16.1. The second-order valence-corrected chi connectivity index (χ2v) is 5.72. The van der Waals surface area contributed by atoms with Crippen LogP contribution >= 0.6 is 24.8 Å². The molecule has 1 unspecified atom stereocenters. The molecule has 0 aliphatic carbocycles. The zero-order valence-corrected chi connectivity index (χ0v) is 17.7. The Morgan fingerprint density at radius 2 is 1.32 bits per heavy atom. The number of hydrogen-bond donors (Lipinski definition) is 1. The van der Waals surface area contributed by atoms with Crippen LogP contribution in [0.4, 0.5) is 0 Å². The van der Waals surface area contributed by atoms with Crippen LogP contribution in [0.1, 0.15) is 17.3 Å². The Hall–Kier alpha value is -2.41. The van der Waals surface area contributed by atoms with Crippen molar-refractivity contribution in [1.82, 2.24) is 4.98 Å². The number of ether oxygens (including phenoxy) is 4. The number of methoxy groups -OCH3 is 4. The van der Waals surface area contributed by atoms with Crippen molar-refractivity contribution in [2.75, 3.05) is 28.4 Å². The summed E-state index contributed by atoms with van der Waals surface area (Å²) in [4.78, 5) is 4.52. The lowest BCUT2D eigenvalue weighted by atomic mass is 9.98. The summed E-state index contributed by atoms with van der Waals surface area (Å²) >= 11 is 0. The molecular weight excluding hydrogens is 403 g/mol. The largest absolute Gasteiger partial charge is 0.493 e. The maximum absolute atomic E-state index is 6.53. The minimum Gasteiger partial charge on any atom is -0.493 e. The third kappa shape index (κ3) is 4.35. The van der Waals surface area contributed by atoms with Crippen molar-refractivity contribution < 1.29 is 18.9 Å². The molecule has 1 heterocycles. The molecule has 0 spiro atoms. The van der Waals surface area contributed by atoms with Crippen molar-refractivity contribution >= 4 is 35.6 Å². The van der Waals surface area contributed by atoms with Gasteiger partial charge in [0.2, 0.25) is 0 Å². The van der Waals surface area contributed by atoms with Gasteiger partial charge in [0, 0.05) is 11.6 Å². The van der Waals surface area contributed by atoms with Crippen LogP contribution in [0.2, 0.25) is 0 Å². The second kappa shape index (κ2) is 10.2. The fraction of sp³-hybridized carbons (Fsp3) is 0.250. The third-order valence-electron chi connectivity index (χ3n) is 4.36. The first-order valence-electron chi connectivity index (χ1n) is 8.11. The Morgan fingerprint density at radius 1 is 0.750 bits per heavy atom. The minimum atomic E-state index is -0.434. The zero-order chi connectivity index (χ0) is 18.7. The van der Waals surface area contributed by atoms with Gasteiger partial charge >= 0.3 is 0 Å². The van der Waals surface area contributed by atoms with Gasteiger partial charge in [0.15, 0.2) is 23.0 Å². The third-order valence-corrected chi connectivity index (χ3v) is 4.36. The number of pyridine rings is 1. The van der Waals surface area contributed by atoms with E-state index in [9.17, 15) is 0 Å². The number of fused-ring (bicyclic) bond motifs is 1. The molecule has 2 aromatic carbocycles. The summed E-state index contributed by atoms with van der Waals surface area (Å²) in [7, 11) is 6.42. The molecule has 0 aliphatic heterocycles. The van der Waals surface area contributed by atoms with Gasteiger partial charge in [-0.05, 0) is 41.3 Å². The number of benzene rings is 2. The monoisotopic (exact) mass is 426 g/mol. The molecule has 0 amide bonds. The topological polar surface area (TPSA) is 75.8 Å². The average molecular weight is 427 g/mol. The lowest BCUT2D eigenvalue weighted by Crippen LogP contribution is -2.14. The molecule has 3 aromatic rings. The van der Waals surface area contributed by atoms with E-state index >= 15 is 0 Å². The molecule has 0 aliphatic rings. The van der Waals surface area contributed by atoms with Crippen LogP contribution in [0.25, 0.3) is 10.8 Å². The average Bonchev–Trinajstić information content (AvgIpc) is 2.70. The number of rotatable bonds is 6. The Kier molecular flexibility index (Phi) is 8.63. The van der Waals surface area contributed by atoms with Crippen LogP contribution < -0.4 is 24.7 Å². The number of aromatic nitrogens is 1. The molecule has 1 atom stereocenters. The molecule has 0 bridgehead atoms. The van der Waals surface area contributed by atoms with Crippen molar-refractivity contribution in [3.63, 3.8) is 0 Å². The predicted molar refractivity (Wildman–Crippen MR) is 115 cm³/mol. The van der Waals surface area contributed by atoms with Crippen LogP contribution in [-0.4, -0.2) is 33.4 Å². The quantitative estimate of drug-likeness (QED) is 0.637. The van der Waals surface area contributed by atoms with E-state index in [1.807, 2.05) is 36.4 Å². The summed E-state index contributed by atoms with van der Waals surface area (Å²) < 4.78 is 21.5. The Morgan fingerprint density at radius 3 is 1.93 bits per heavy atom. The van der Waals surface area contributed by atoms with Crippen LogP contribution in [0, 0.1) is 0 Å². The molecule has 0 saturated carbocycles. The highest BCUT2D eigenvalue weighted by atomic mass is 35.5. The molecule has 0 saturated heterocycles. The van der Waals surface area contributed by atoms with E-state index in [1.54, 1.807) is 34.6 Å². The Bertz CT molecular complexity index is 937. The van der Waals surface area contributed by atoms with Crippen LogP contribution in [0.3, 0.4) is 0 Å². The lowest BCUT2D eigenvalue weighted by Gasteiger charge is -2.17. The molecule has 28 heavy (non-hydrogen) atoms. The summed E-state index contributed by atoms with van der Waals surface area (Å²) in [6.45, 7) is 0. The van der Waals surface area contributed by atoms with Gasteiger partial charge in [-0.1, -0.05) is 6.07 Å². The SMILES string of the molecule is COc1ccc(C(N)c2nccc3cc(OC)c(OC)cc23)cc1OC.Cl.Cl. The minimum absolute atomic E-state index is 0. The van der Waals surface area contributed by atoms with Gasteiger partial charge in [-0.2, -0.15) is 0 Å². The van der Waals surface area contributed by atoms with Crippen molar-refractivity contribution in [3.05, 3.63) is 53.9 Å². The summed E-state index contributed by atoms with van der Waals surface area (Å²) in [5.41, 5.74) is 8.15. The molecule has 2 N–H and O–H groups in total. The molecule has 8 heteroatoms. The van der Waals surface area contributed by atoms with Gasteiger partial charge < -0.3 is 24.7 Å². The van der Waals surface area contributed by atoms with Crippen molar-refractivity contribution in [3.8, 4) is 23.0 Å². The highest BCUT2D eigenvalue weighted by molar-refractivity contribution is 5.88. The first-order chi connectivity index (χ1) is 12.6. The smallest absolute Gasteiger partial charge is 0.161 e. The van der Waals surface area contributed by atoms with E-state index in [1.165, 1.54) is 0 Å².